The second-order valence-corrected chi connectivity index (χ2v) is 6.65. The summed E-state index contributed by atoms with van der Waals surface area (Å²) in [6.45, 7) is 4.71. The molecule has 2 rings (SSSR count). The number of likely N-dealkylation sites (tertiary alicyclic amines) is 1. The Morgan fingerprint density at radius 2 is 1.96 bits per heavy atom. The van der Waals surface area contributed by atoms with Gasteiger partial charge < -0.3 is 21.0 Å². The van der Waals surface area contributed by atoms with Crippen LogP contribution in [0, 0.1) is 0 Å². The Hall–Kier alpha value is -1.14. The van der Waals surface area contributed by atoms with Gasteiger partial charge in [0.25, 0.3) is 0 Å². The Morgan fingerprint density at radius 1 is 1.22 bits per heavy atom. The average molecular weight is 358 g/mol. The highest BCUT2D eigenvalue weighted by Gasteiger charge is 2.09. The smallest absolute Gasteiger partial charge is 0.114 e. The third-order valence-corrected chi connectivity index (χ3v) is 4.60. The summed E-state index contributed by atoms with van der Waals surface area (Å²) in [5, 5.41) is 5.78. The van der Waals surface area contributed by atoms with Crippen LogP contribution < -0.4 is 16.9 Å². The lowest BCUT2D eigenvalue weighted by Gasteiger charge is -2.26. The lowest BCUT2D eigenvalue weighted by Crippen LogP contribution is -2.37. The van der Waals surface area contributed by atoms with Gasteiger partial charge in [0.05, 0.1) is 22.8 Å². The first-order chi connectivity index (χ1) is 11.0. The molecule has 0 unspecified atom stereocenters. The summed E-state index contributed by atoms with van der Waals surface area (Å²) < 4.78 is 0. The molecule has 0 spiro atoms. The number of nitrogens with two attached hydrogens (primary N) is 2. The summed E-state index contributed by atoms with van der Waals surface area (Å²) in [5.74, 6) is 6.52. The van der Waals surface area contributed by atoms with Crippen molar-refractivity contribution in [1.82, 2.24) is 15.2 Å². The molecule has 1 saturated heterocycles. The number of nitrogens with one attached hydrogen (secondary N) is 1. The third kappa shape index (κ3) is 6.47. The number of halogens is 2. The molecule has 0 aromatic heterocycles. The molecule has 0 bridgehead atoms. The van der Waals surface area contributed by atoms with Gasteiger partial charge in [-0.05, 0) is 43.6 Å². The van der Waals surface area contributed by atoms with E-state index in [1.54, 1.807) is 18.3 Å². The van der Waals surface area contributed by atoms with E-state index in [9.17, 15) is 0 Å². The van der Waals surface area contributed by atoms with E-state index < -0.39 is 0 Å². The number of hydrogen-bond acceptors (Lipinski definition) is 5. The topological polar surface area (TPSA) is 70.5 Å². The van der Waals surface area contributed by atoms with Crippen LogP contribution in [0.15, 0.2) is 30.2 Å². The molecule has 1 aromatic carbocycles. The van der Waals surface area contributed by atoms with Crippen LogP contribution in [0.5, 0.6) is 0 Å². The number of piperidine rings is 1. The predicted molar refractivity (Wildman–Crippen MR) is 96.8 cm³/mol. The van der Waals surface area contributed by atoms with E-state index in [1.807, 2.05) is 6.07 Å². The molecule has 0 aliphatic carbocycles. The Labute approximate surface area is 148 Å². The van der Waals surface area contributed by atoms with Crippen LogP contribution in [0.3, 0.4) is 0 Å². The summed E-state index contributed by atoms with van der Waals surface area (Å²) in [6, 6.07) is 5.45. The van der Waals surface area contributed by atoms with Gasteiger partial charge >= 0.3 is 0 Å². The monoisotopic (exact) mass is 357 g/mol. The molecule has 0 radical (unpaired) electrons. The van der Waals surface area contributed by atoms with E-state index in [0.717, 1.165) is 18.7 Å². The van der Waals surface area contributed by atoms with Gasteiger partial charge in [-0.2, -0.15) is 0 Å². The second-order valence-electron chi connectivity index (χ2n) is 5.83. The van der Waals surface area contributed by atoms with Gasteiger partial charge in [-0.25, -0.2) is 5.84 Å². The van der Waals surface area contributed by atoms with Gasteiger partial charge in [0.1, 0.15) is 5.82 Å². The Morgan fingerprint density at radius 3 is 2.65 bits per heavy atom. The van der Waals surface area contributed by atoms with E-state index in [0.29, 0.717) is 22.4 Å². The Kier molecular flexibility index (Phi) is 7.30. The van der Waals surface area contributed by atoms with Gasteiger partial charge in [0, 0.05) is 13.1 Å². The quantitative estimate of drug-likeness (QED) is 0.516. The third-order valence-electron chi connectivity index (χ3n) is 3.86. The molecule has 1 aliphatic rings. The lowest BCUT2D eigenvalue weighted by atomic mass is 10.1. The summed E-state index contributed by atoms with van der Waals surface area (Å²) >= 11 is 11.9. The highest BCUT2D eigenvalue weighted by atomic mass is 35.5. The predicted octanol–water partition coefficient (Wildman–Crippen LogP) is 2.50. The first-order valence-electron chi connectivity index (χ1n) is 7.93. The van der Waals surface area contributed by atoms with Crippen LogP contribution >= 0.6 is 23.2 Å². The second kappa shape index (κ2) is 9.23. The van der Waals surface area contributed by atoms with Crippen molar-refractivity contribution in [2.45, 2.75) is 25.8 Å². The fraction of sp³-hybridized carbons (Fsp3) is 0.500. The molecule has 1 fully saturated rings. The van der Waals surface area contributed by atoms with Crippen LogP contribution in [-0.2, 0) is 6.54 Å². The number of hydrogen-bond donors (Lipinski definition) is 3. The van der Waals surface area contributed by atoms with Crippen LogP contribution in [0.1, 0.15) is 24.8 Å². The van der Waals surface area contributed by atoms with E-state index in [2.05, 4.69) is 10.2 Å². The number of rotatable bonds is 7. The molecule has 0 atom stereocenters. The Bertz CT molecular complexity index is 529. The van der Waals surface area contributed by atoms with E-state index in [4.69, 9.17) is 34.8 Å². The van der Waals surface area contributed by atoms with Crippen LogP contribution in [-0.4, -0.2) is 36.1 Å². The lowest BCUT2D eigenvalue weighted by molar-refractivity contribution is 0.230. The first-order valence-corrected chi connectivity index (χ1v) is 8.69. The molecule has 1 aliphatic heterocycles. The molecule has 5 N–H and O–H groups in total. The SMILES string of the molecule is N/C(=C\N(N)Cc1ccc(Cl)c(Cl)c1)NCCN1CCCCC1. The maximum absolute atomic E-state index is 6.00. The Balaban J connectivity index is 1.74. The van der Waals surface area contributed by atoms with Crippen molar-refractivity contribution in [1.29, 1.82) is 0 Å². The molecule has 128 valence electrons. The van der Waals surface area contributed by atoms with Crippen molar-refractivity contribution < 1.29 is 0 Å². The fourth-order valence-electron chi connectivity index (χ4n) is 2.66. The largest absolute Gasteiger partial charge is 0.384 e. The molecule has 7 heteroatoms. The standard InChI is InChI=1S/C16H25Cl2N5/c17-14-5-4-13(10-15(14)18)11-23(20)12-16(19)21-6-9-22-7-2-1-3-8-22/h4-5,10,12,21H,1-3,6-9,11,19-20H2/b16-12+. The molecule has 0 saturated carbocycles. The molecule has 1 aromatic rings. The van der Waals surface area contributed by atoms with Gasteiger partial charge in [-0.3, -0.25) is 0 Å². The van der Waals surface area contributed by atoms with Gasteiger partial charge in [-0.15, -0.1) is 0 Å². The van der Waals surface area contributed by atoms with Crippen molar-refractivity contribution in [3.63, 3.8) is 0 Å². The van der Waals surface area contributed by atoms with Gasteiger partial charge in [-0.1, -0.05) is 35.7 Å². The number of benzene rings is 1. The van der Waals surface area contributed by atoms with Crippen LogP contribution in [0.25, 0.3) is 0 Å². The molecule has 0 amide bonds. The van der Waals surface area contributed by atoms with Crippen LogP contribution in [0.4, 0.5) is 0 Å². The minimum absolute atomic E-state index is 0.505. The minimum atomic E-state index is 0.505. The van der Waals surface area contributed by atoms with Gasteiger partial charge in [0.15, 0.2) is 0 Å². The molecule has 5 nitrogen and oxygen atoms in total. The normalized spacial score (nSPS) is 16.4. The van der Waals surface area contributed by atoms with E-state index in [-0.39, 0.29) is 0 Å². The maximum Gasteiger partial charge on any atom is 0.114 e. The van der Waals surface area contributed by atoms with Crippen LogP contribution in [0.2, 0.25) is 10.0 Å². The zero-order valence-corrected chi connectivity index (χ0v) is 14.8. The summed E-state index contributed by atoms with van der Waals surface area (Å²) in [7, 11) is 0. The zero-order chi connectivity index (χ0) is 16.7. The molecular formula is C16H25Cl2N5. The van der Waals surface area contributed by atoms with Crippen molar-refractivity contribution in [3.8, 4) is 0 Å². The first kappa shape index (κ1) is 18.2. The van der Waals surface area contributed by atoms with Crippen molar-refractivity contribution in [2.75, 3.05) is 26.2 Å². The number of hydrazine groups is 1. The summed E-state index contributed by atoms with van der Waals surface area (Å²) in [5.41, 5.74) is 6.93. The zero-order valence-electron chi connectivity index (χ0n) is 13.3. The van der Waals surface area contributed by atoms with E-state index in [1.165, 1.54) is 37.4 Å². The molecular weight excluding hydrogens is 333 g/mol. The highest BCUT2D eigenvalue weighted by Crippen LogP contribution is 2.22. The summed E-state index contributed by atoms with van der Waals surface area (Å²) in [6.07, 6.45) is 5.64. The fourth-order valence-corrected chi connectivity index (χ4v) is 2.98. The van der Waals surface area contributed by atoms with Crippen molar-refractivity contribution in [3.05, 3.63) is 45.8 Å². The van der Waals surface area contributed by atoms with Crippen molar-refractivity contribution in [2.24, 2.45) is 11.6 Å². The molecule has 23 heavy (non-hydrogen) atoms. The molecule has 1 heterocycles. The van der Waals surface area contributed by atoms with Gasteiger partial charge in [0.2, 0.25) is 0 Å². The highest BCUT2D eigenvalue weighted by molar-refractivity contribution is 6.42. The minimum Gasteiger partial charge on any atom is -0.384 e. The van der Waals surface area contributed by atoms with Crippen molar-refractivity contribution >= 4 is 23.2 Å². The van der Waals surface area contributed by atoms with E-state index >= 15 is 0 Å². The average Bonchev–Trinajstić information content (AvgIpc) is 2.52. The number of nitrogens with zero attached hydrogens (tertiary/aromatic N) is 2. The maximum atomic E-state index is 6.00. The summed E-state index contributed by atoms with van der Waals surface area (Å²) in [4.78, 5) is 2.46.